The predicted octanol–water partition coefficient (Wildman–Crippen LogP) is 1.20. The summed E-state index contributed by atoms with van der Waals surface area (Å²) in [5.74, 6) is -0.648. The average Bonchev–Trinajstić information content (AvgIpc) is 2.92. The molecule has 7 nitrogen and oxygen atoms in total. The molecule has 0 aliphatic heterocycles. The second-order valence-electron chi connectivity index (χ2n) is 5.20. The van der Waals surface area contributed by atoms with Crippen LogP contribution in [0.3, 0.4) is 0 Å². The van der Waals surface area contributed by atoms with E-state index in [1.165, 1.54) is 17.1 Å². The van der Waals surface area contributed by atoms with Crippen molar-refractivity contribution in [3.63, 3.8) is 0 Å². The van der Waals surface area contributed by atoms with Crippen LogP contribution in [0.1, 0.15) is 11.1 Å². The van der Waals surface area contributed by atoms with E-state index < -0.39 is 11.5 Å². The number of nitriles is 1. The van der Waals surface area contributed by atoms with Gasteiger partial charge in [0.25, 0.3) is 5.91 Å². The molecule has 1 amide bonds. The van der Waals surface area contributed by atoms with Gasteiger partial charge >= 0.3 is 0 Å². The first-order valence-corrected chi connectivity index (χ1v) is 6.84. The van der Waals surface area contributed by atoms with Gasteiger partial charge in [0.2, 0.25) is 0 Å². The Hall–Kier alpha value is -3.11. The lowest BCUT2D eigenvalue weighted by Gasteiger charge is -2.23. The molecule has 0 radical (unpaired) electrons. The van der Waals surface area contributed by atoms with Gasteiger partial charge < -0.3 is 16.2 Å². The molecule has 118 valence electrons. The number of nitrogens with one attached hydrogen (secondary N) is 1. The van der Waals surface area contributed by atoms with Crippen LogP contribution in [-0.2, 0) is 11.3 Å². The standard InChI is InChI=1S/C16H17N5O2/c1-3-16(23,10-21-9-13(18)8-19-21)15(22)20-14-5-4-12(7-17)11(2)6-14/h3-6,8-9,23H,1,10,18H2,2H3,(H,20,22)/t16-/m0/s1. The van der Waals surface area contributed by atoms with E-state index >= 15 is 0 Å². The van der Waals surface area contributed by atoms with Gasteiger partial charge in [-0.2, -0.15) is 10.4 Å². The van der Waals surface area contributed by atoms with Gasteiger partial charge in [0.05, 0.1) is 30.1 Å². The summed E-state index contributed by atoms with van der Waals surface area (Å²) in [6.45, 7) is 5.17. The fourth-order valence-corrected chi connectivity index (χ4v) is 2.05. The van der Waals surface area contributed by atoms with Crippen molar-refractivity contribution in [3.05, 3.63) is 54.4 Å². The van der Waals surface area contributed by atoms with E-state index in [1.807, 2.05) is 0 Å². The zero-order valence-electron chi connectivity index (χ0n) is 12.7. The molecule has 0 saturated heterocycles. The Morgan fingerprint density at radius 2 is 2.39 bits per heavy atom. The third kappa shape index (κ3) is 3.56. The topological polar surface area (TPSA) is 117 Å². The molecule has 0 spiro atoms. The number of nitrogens with two attached hydrogens (primary N) is 1. The van der Waals surface area contributed by atoms with Crippen LogP contribution < -0.4 is 11.1 Å². The maximum Gasteiger partial charge on any atom is 0.262 e. The molecule has 1 aromatic carbocycles. The molecule has 4 N–H and O–H groups in total. The maximum atomic E-state index is 12.4. The lowest BCUT2D eigenvalue weighted by molar-refractivity contribution is -0.130. The van der Waals surface area contributed by atoms with Crippen LogP contribution in [0, 0.1) is 18.3 Å². The number of anilines is 2. The van der Waals surface area contributed by atoms with E-state index in [1.54, 1.807) is 25.1 Å². The van der Waals surface area contributed by atoms with Crippen LogP contribution in [0.2, 0.25) is 0 Å². The van der Waals surface area contributed by atoms with Gasteiger partial charge in [0.15, 0.2) is 5.60 Å². The summed E-state index contributed by atoms with van der Waals surface area (Å²) in [5, 5.41) is 26.0. The van der Waals surface area contributed by atoms with Crippen LogP contribution in [0.4, 0.5) is 11.4 Å². The zero-order valence-corrected chi connectivity index (χ0v) is 12.7. The number of aromatic nitrogens is 2. The summed E-state index contributed by atoms with van der Waals surface area (Å²) in [5.41, 5.74) is 5.88. The number of hydrogen-bond acceptors (Lipinski definition) is 5. The highest BCUT2D eigenvalue weighted by molar-refractivity contribution is 5.98. The second kappa shape index (κ2) is 6.34. The molecule has 0 aliphatic rings. The number of carbonyl (C=O) groups excluding carboxylic acids is 1. The van der Waals surface area contributed by atoms with E-state index in [2.05, 4.69) is 23.1 Å². The molecule has 7 heteroatoms. The van der Waals surface area contributed by atoms with Crippen LogP contribution in [-0.4, -0.2) is 26.4 Å². The SMILES string of the molecule is C=C[C@](O)(Cn1cc(N)cn1)C(=O)Nc1ccc(C#N)c(C)c1. The Labute approximate surface area is 133 Å². The number of hydrogen-bond donors (Lipinski definition) is 3. The Morgan fingerprint density at radius 3 is 2.91 bits per heavy atom. The van der Waals surface area contributed by atoms with Crippen LogP contribution >= 0.6 is 0 Å². The lowest BCUT2D eigenvalue weighted by Crippen LogP contribution is -2.44. The van der Waals surface area contributed by atoms with E-state index in [0.29, 0.717) is 16.9 Å². The third-order valence-corrected chi connectivity index (χ3v) is 3.39. The fraction of sp³-hybridized carbons (Fsp3) is 0.188. The molecule has 0 bridgehead atoms. The number of benzene rings is 1. The first kappa shape index (κ1) is 16.3. The van der Waals surface area contributed by atoms with Crippen molar-refractivity contribution in [3.8, 4) is 6.07 Å². The van der Waals surface area contributed by atoms with Gasteiger partial charge in [0, 0.05) is 11.9 Å². The second-order valence-corrected chi connectivity index (χ2v) is 5.20. The summed E-state index contributed by atoms with van der Waals surface area (Å²) in [6, 6.07) is 6.91. The summed E-state index contributed by atoms with van der Waals surface area (Å²) in [6.07, 6.45) is 4.08. The average molecular weight is 311 g/mol. The first-order chi connectivity index (χ1) is 10.9. The number of nitrogen functional groups attached to an aromatic ring is 1. The predicted molar refractivity (Wildman–Crippen MR) is 86.3 cm³/mol. The summed E-state index contributed by atoms with van der Waals surface area (Å²) in [7, 11) is 0. The number of amides is 1. The van der Waals surface area contributed by atoms with Crippen molar-refractivity contribution in [1.82, 2.24) is 9.78 Å². The molecule has 0 aliphatic carbocycles. The van der Waals surface area contributed by atoms with E-state index in [0.717, 1.165) is 11.6 Å². The quantitative estimate of drug-likeness (QED) is 0.717. The van der Waals surface area contributed by atoms with Crippen LogP contribution in [0.5, 0.6) is 0 Å². The van der Waals surface area contributed by atoms with E-state index in [4.69, 9.17) is 11.0 Å². The summed E-state index contributed by atoms with van der Waals surface area (Å²) < 4.78 is 1.36. The highest BCUT2D eigenvalue weighted by atomic mass is 16.3. The van der Waals surface area contributed by atoms with Gasteiger partial charge in [-0.1, -0.05) is 6.58 Å². The molecular formula is C16H17N5O2. The van der Waals surface area contributed by atoms with Crippen molar-refractivity contribution in [2.75, 3.05) is 11.1 Å². The summed E-state index contributed by atoms with van der Waals surface area (Å²) >= 11 is 0. The third-order valence-electron chi connectivity index (χ3n) is 3.39. The molecule has 0 fully saturated rings. The van der Waals surface area contributed by atoms with Crippen molar-refractivity contribution in [2.45, 2.75) is 19.1 Å². The Kier molecular flexibility index (Phi) is 4.48. The molecule has 1 aromatic heterocycles. The number of aliphatic hydroxyl groups is 1. The molecule has 1 atom stereocenters. The van der Waals surface area contributed by atoms with Gasteiger partial charge in [0.1, 0.15) is 0 Å². The molecule has 1 heterocycles. The van der Waals surface area contributed by atoms with Crippen molar-refractivity contribution in [2.24, 2.45) is 0 Å². The smallest absolute Gasteiger partial charge is 0.262 e. The molecule has 0 saturated carbocycles. The van der Waals surface area contributed by atoms with Gasteiger partial charge in [-0.15, -0.1) is 0 Å². The largest absolute Gasteiger partial charge is 0.396 e. The number of rotatable bonds is 5. The molecule has 2 rings (SSSR count). The zero-order chi connectivity index (χ0) is 17.0. The Balaban J connectivity index is 2.18. The number of nitrogens with zero attached hydrogens (tertiary/aromatic N) is 3. The highest BCUT2D eigenvalue weighted by Gasteiger charge is 2.33. The monoisotopic (exact) mass is 311 g/mol. The van der Waals surface area contributed by atoms with Gasteiger partial charge in [-0.05, 0) is 36.8 Å². The maximum absolute atomic E-state index is 12.4. The van der Waals surface area contributed by atoms with Crippen molar-refractivity contribution in [1.29, 1.82) is 5.26 Å². The van der Waals surface area contributed by atoms with E-state index in [-0.39, 0.29) is 6.54 Å². The normalized spacial score (nSPS) is 12.9. The minimum Gasteiger partial charge on any atom is -0.396 e. The summed E-state index contributed by atoms with van der Waals surface area (Å²) in [4.78, 5) is 12.4. The Morgan fingerprint density at radius 1 is 1.65 bits per heavy atom. The minimum atomic E-state index is -1.85. The lowest BCUT2D eigenvalue weighted by atomic mass is 10.0. The van der Waals surface area contributed by atoms with E-state index in [9.17, 15) is 9.90 Å². The highest BCUT2D eigenvalue weighted by Crippen LogP contribution is 2.18. The van der Waals surface area contributed by atoms with Crippen molar-refractivity contribution < 1.29 is 9.90 Å². The fourth-order valence-electron chi connectivity index (χ4n) is 2.05. The number of aryl methyl sites for hydroxylation is 1. The van der Waals surface area contributed by atoms with Crippen LogP contribution in [0.25, 0.3) is 0 Å². The van der Waals surface area contributed by atoms with Crippen molar-refractivity contribution >= 4 is 17.3 Å². The minimum absolute atomic E-state index is 0.116. The van der Waals surface area contributed by atoms with Gasteiger partial charge in [-0.25, -0.2) is 0 Å². The van der Waals surface area contributed by atoms with Crippen LogP contribution in [0.15, 0.2) is 43.2 Å². The first-order valence-electron chi connectivity index (χ1n) is 6.84. The van der Waals surface area contributed by atoms with Gasteiger partial charge in [-0.3, -0.25) is 9.48 Å². The number of carbonyl (C=O) groups is 1. The Bertz CT molecular complexity index is 790. The molecule has 0 unspecified atom stereocenters. The molecule has 2 aromatic rings. The molecule has 23 heavy (non-hydrogen) atoms. The molecular weight excluding hydrogens is 294 g/mol.